The number of hydrogen-bond acceptors (Lipinski definition) is 2. The highest BCUT2D eigenvalue weighted by molar-refractivity contribution is 6.31. The molecule has 1 fully saturated rings. The lowest BCUT2D eigenvalue weighted by atomic mass is 9.88. The Kier molecular flexibility index (Phi) is 11.8. The minimum Gasteiger partial charge on any atom is -0.494 e. The third-order valence-corrected chi connectivity index (χ3v) is 5.53. The van der Waals surface area contributed by atoms with Gasteiger partial charge in [-0.05, 0) is 73.4 Å². The van der Waals surface area contributed by atoms with Gasteiger partial charge in [0.05, 0.1) is 18.8 Å². The fraction of sp³-hybridized carbons (Fsp3) is 0.407. The van der Waals surface area contributed by atoms with E-state index in [1.165, 1.54) is 17.5 Å². The van der Waals surface area contributed by atoms with Crippen molar-refractivity contribution in [2.24, 2.45) is 5.92 Å². The molecular weight excluding hydrogens is 392 g/mol. The van der Waals surface area contributed by atoms with E-state index < -0.39 is 0 Å². The number of benzene rings is 2. The predicted molar refractivity (Wildman–Crippen MR) is 128 cm³/mol. The van der Waals surface area contributed by atoms with Gasteiger partial charge in [-0.1, -0.05) is 49.7 Å². The van der Waals surface area contributed by atoms with Gasteiger partial charge >= 0.3 is 0 Å². The van der Waals surface area contributed by atoms with Crippen molar-refractivity contribution in [1.82, 2.24) is 0 Å². The van der Waals surface area contributed by atoms with Gasteiger partial charge in [-0.3, -0.25) is 0 Å². The molecule has 1 aliphatic rings. The highest BCUT2D eigenvalue weighted by Crippen LogP contribution is 2.37. The summed E-state index contributed by atoms with van der Waals surface area (Å²) in [5.74, 6) is 1.61. The van der Waals surface area contributed by atoms with Gasteiger partial charge in [-0.15, -0.1) is 25.7 Å². The third-order valence-electron chi connectivity index (χ3n) is 5.16. The lowest BCUT2D eigenvalue weighted by molar-refractivity contribution is -0.0709. The van der Waals surface area contributed by atoms with Crippen LogP contribution in [0.2, 0.25) is 5.02 Å². The van der Waals surface area contributed by atoms with E-state index in [0.717, 1.165) is 35.6 Å². The normalized spacial score (nSPS) is 20.1. The van der Waals surface area contributed by atoms with Crippen LogP contribution in [0.15, 0.2) is 42.5 Å². The largest absolute Gasteiger partial charge is 0.494 e. The number of halogens is 1. The first kappa shape index (κ1) is 25.6. The van der Waals surface area contributed by atoms with E-state index in [4.69, 9.17) is 21.1 Å². The van der Waals surface area contributed by atoms with E-state index in [1.54, 1.807) is 0 Å². The Balaban J connectivity index is 0.00000106. The van der Waals surface area contributed by atoms with E-state index in [0.29, 0.717) is 18.6 Å². The molecule has 0 unspecified atom stereocenters. The van der Waals surface area contributed by atoms with Gasteiger partial charge in [-0.25, -0.2) is 0 Å². The molecule has 30 heavy (non-hydrogen) atoms. The molecule has 1 saturated heterocycles. The summed E-state index contributed by atoms with van der Waals surface area (Å²) in [5.41, 5.74) is 3.64. The molecule has 0 bridgehead atoms. The molecule has 2 aromatic carbocycles. The SMILES string of the molecule is C#C.C#C.CCOc1ccc(Cc2cc([C@H]3C[C@@H](C)C[C@@H](CC)O3)ccc2Cl)cc1. The minimum absolute atomic E-state index is 0.181. The maximum Gasteiger partial charge on any atom is 0.119 e. The lowest BCUT2D eigenvalue weighted by Crippen LogP contribution is -2.26. The van der Waals surface area contributed by atoms with Gasteiger partial charge in [0.15, 0.2) is 0 Å². The number of terminal acetylenes is 2. The Hall–Kier alpha value is -2.39. The van der Waals surface area contributed by atoms with Crippen LogP contribution in [0.4, 0.5) is 0 Å². The smallest absolute Gasteiger partial charge is 0.119 e. The second-order valence-electron chi connectivity index (χ2n) is 7.34. The summed E-state index contributed by atoms with van der Waals surface area (Å²) < 4.78 is 11.8. The number of rotatable bonds is 6. The maximum absolute atomic E-state index is 6.49. The van der Waals surface area contributed by atoms with Crippen molar-refractivity contribution >= 4 is 11.6 Å². The van der Waals surface area contributed by atoms with Crippen LogP contribution in [0.1, 0.15) is 62.8 Å². The van der Waals surface area contributed by atoms with Crippen molar-refractivity contribution in [2.75, 3.05) is 6.61 Å². The summed E-state index contributed by atoms with van der Waals surface area (Å²) in [7, 11) is 0. The molecule has 160 valence electrons. The highest BCUT2D eigenvalue weighted by atomic mass is 35.5. The molecule has 2 aromatic rings. The van der Waals surface area contributed by atoms with Gasteiger partial charge in [0.25, 0.3) is 0 Å². The first-order valence-electron chi connectivity index (χ1n) is 10.4. The van der Waals surface area contributed by atoms with E-state index in [1.807, 2.05) is 25.1 Å². The average molecular weight is 425 g/mol. The second kappa shape index (κ2) is 13.8. The number of hydrogen-bond donors (Lipinski definition) is 0. The summed E-state index contributed by atoms with van der Waals surface area (Å²) in [5, 5.41) is 0.818. The monoisotopic (exact) mass is 424 g/mol. The van der Waals surface area contributed by atoms with Gasteiger partial charge in [0.2, 0.25) is 0 Å². The number of ether oxygens (including phenoxy) is 2. The van der Waals surface area contributed by atoms with Crippen molar-refractivity contribution in [2.45, 2.75) is 58.7 Å². The zero-order valence-corrected chi connectivity index (χ0v) is 19.1. The van der Waals surface area contributed by atoms with Crippen LogP contribution in [0, 0.1) is 31.6 Å². The molecule has 0 amide bonds. The first-order chi connectivity index (χ1) is 14.6. The Bertz CT molecular complexity index is 786. The first-order valence-corrected chi connectivity index (χ1v) is 10.8. The Labute approximate surface area is 187 Å². The summed E-state index contributed by atoms with van der Waals surface area (Å²) >= 11 is 6.49. The Morgan fingerprint density at radius 2 is 1.67 bits per heavy atom. The van der Waals surface area contributed by atoms with Crippen molar-refractivity contribution in [3.05, 3.63) is 64.2 Å². The van der Waals surface area contributed by atoms with Crippen LogP contribution < -0.4 is 4.74 Å². The third kappa shape index (κ3) is 7.46. The molecule has 3 heteroatoms. The molecule has 3 rings (SSSR count). The standard InChI is InChI=1S/C23H29ClO2.2C2H2/c1-4-20-12-16(3)13-23(26-20)18-8-11-22(24)19(15-18)14-17-6-9-21(10-7-17)25-5-2;2*1-2/h6-11,15-16,20,23H,4-5,12-14H2,1-3H3;2*1-2H/t16-,20+,23+;;/m0../s1. The van der Waals surface area contributed by atoms with Crippen LogP contribution in [0.3, 0.4) is 0 Å². The lowest BCUT2D eigenvalue weighted by Gasteiger charge is -2.34. The Morgan fingerprint density at radius 1 is 1.00 bits per heavy atom. The van der Waals surface area contributed by atoms with Crippen LogP contribution in [-0.2, 0) is 11.2 Å². The molecule has 0 spiro atoms. The zero-order valence-electron chi connectivity index (χ0n) is 18.3. The quantitative estimate of drug-likeness (QED) is 0.460. The molecule has 2 nitrogen and oxygen atoms in total. The van der Waals surface area contributed by atoms with Crippen LogP contribution >= 0.6 is 11.6 Å². The summed E-state index contributed by atoms with van der Waals surface area (Å²) in [6.45, 7) is 7.22. The second-order valence-corrected chi connectivity index (χ2v) is 7.74. The summed E-state index contributed by atoms with van der Waals surface area (Å²) in [4.78, 5) is 0. The molecule has 0 aliphatic carbocycles. The maximum atomic E-state index is 6.49. The highest BCUT2D eigenvalue weighted by Gasteiger charge is 2.27. The summed E-state index contributed by atoms with van der Waals surface area (Å²) in [6, 6.07) is 14.6. The van der Waals surface area contributed by atoms with Gasteiger partial charge in [0.1, 0.15) is 5.75 Å². The molecular formula is C27H33ClO2. The minimum atomic E-state index is 0.181. The topological polar surface area (TPSA) is 18.5 Å². The van der Waals surface area contributed by atoms with Crippen molar-refractivity contribution in [3.8, 4) is 31.4 Å². The van der Waals surface area contributed by atoms with E-state index >= 15 is 0 Å². The molecule has 0 N–H and O–H groups in total. The van der Waals surface area contributed by atoms with E-state index in [2.05, 4.69) is 63.8 Å². The fourth-order valence-electron chi connectivity index (χ4n) is 3.75. The molecule has 3 atom stereocenters. The van der Waals surface area contributed by atoms with Crippen LogP contribution in [0.25, 0.3) is 0 Å². The van der Waals surface area contributed by atoms with Gasteiger partial charge in [-0.2, -0.15) is 0 Å². The van der Waals surface area contributed by atoms with Crippen molar-refractivity contribution in [1.29, 1.82) is 0 Å². The molecule has 0 aromatic heterocycles. The Morgan fingerprint density at radius 3 is 2.27 bits per heavy atom. The molecule has 1 aliphatic heterocycles. The van der Waals surface area contributed by atoms with Crippen molar-refractivity contribution in [3.63, 3.8) is 0 Å². The van der Waals surface area contributed by atoms with E-state index in [9.17, 15) is 0 Å². The van der Waals surface area contributed by atoms with Crippen LogP contribution in [-0.4, -0.2) is 12.7 Å². The molecule has 0 saturated carbocycles. The fourth-order valence-corrected chi connectivity index (χ4v) is 3.94. The average Bonchev–Trinajstić information content (AvgIpc) is 2.79. The van der Waals surface area contributed by atoms with Gasteiger partial charge < -0.3 is 9.47 Å². The molecule has 1 heterocycles. The zero-order chi connectivity index (χ0) is 22.5. The molecule has 0 radical (unpaired) electrons. The summed E-state index contributed by atoms with van der Waals surface area (Å²) in [6.07, 6.45) is 20.7. The predicted octanol–water partition coefficient (Wildman–Crippen LogP) is 7.09. The van der Waals surface area contributed by atoms with E-state index in [-0.39, 0.29) is 6.10 Å². The van der Waals surface area contributed by atoms with Crippen LogP contribution in [0.5, 0.6) is 5.75 Å². The van der Waals surface area contributed by atoms with Gasteiger partial charge in [0, 0.05) is 5.02 Å². The van der Waals surface area contributed by atoms with Crippen molar-refractivity contribution < 1.29 is 9.47 Å².